The molecule has 0 fully saturated rings. The zero-order valence-electron chi connectivity index (χ0n) is 24.3. The molecular weight excluding hydrogens is 514 g/mol. The first-order valence-corrected chi connectivity index (χ1v) is 14.6. The largest absolute Gasteiger partial charge is 0.460 e. The molecule has 0 saturated heterocycles. The van der Waals surface area contributed by atoms with Crippen LogP contribution in [-0.2, 0) is 25.5 Å². The number of hydrogen-bond acceptors (Lipinski definition) is 7. The molecule has 2 aromatic rings. The first kappa shape index (κ1) is 32.4. The van der Waals surface area contributed by atoms with Crippen molar-refractivity contribution in [2.45, 2.75) is 97.9 Å². The van der Waals surface area contributed by atoms with E-state index in [2.05, 4.69) is 15.6 Å². The Kier molecular flexibility index (Phi) is 12.6. The number of rotatable bonds is 14. The highest BCUT2D eigenvalue weighted by Gasteiger charge is 2.32. The maximum Gasteiger partial charge on any atom is 0.307 e. The fourth-order valence-corrected chi connectivity index (χ4v) is 5.03. The van der Waals surface area contributed by atoms with E-state index in [1.54, 1.807) is 32.3 Å². The van der Waals surface area contributed by atoms with E-state index in [-0.39, 0.29) is 30.1 Å². The Morgan fingerprint density at radius 2 is 1.62 bits per heavy atom. The van der Waals surface area contributed by atoms with E-state index in [1.165, 1.54) is 11.3 Å². The minimum absolute atomic E-state index is 0.104. The van der Waals surface area contributed by atoms with Crippen molar-refractivity contribution >= 4 is 29.1 Å². The molecule has 1 heterocycles. The van der Waals surface area contributed by atoms with Crippen LogP contribution in [-0.4, -0.2) is 45.6 Å². The summed E-state index contributed by atoms with van der Waals surface area (Å²) in [4.78, 5) is 44.0. The number of thiazole rings is 1. The summed E-state index contributed by atoms with van der Waals surface area (Å²) < 4.78 is 5.49. The van der Waals surface area contributed by atoms with Crippen LogP contribution in [0.15, 0.2) is 41.9 Å². The number of carbonyl (C=O) groups is 3. The number of aliphatic hydroxyl groups excluding tert-OH is 1. The van der Waals surface area contributed by atoms with Crippen molar-refractivity contribution < 1.29 is 24.2 Å². The number of ether oxygens (including phenoxy) is 1. The van der Waals surface area contributed by atoms with Gasteiger partial charge in [0.2, 0.25) is 11.8 Å². The molecule has 0 aliphatic rings. The molecule has 1 aromatic carbocycles. The van der Waals surface area contributed by atoms with Crippen LogP contribution in [0.2, 0.25) is 0 Å². The number of aliphatic hydroxyl groups is 1. The lowest BCUT2D eigenvalue weighted by molar-refractivity contribution is -0.157. The van der Waals surface area contributed by atoms with Crippen molar-refractivity contribution in [3.8, 4) is 0 Å². The molecular formula is C30H45N3O5S. The van der Waals surface area contributed by atoms with Gasteiger partial charge in [-0.25, -0.2) is 4.98 Å². The lowest BCUT2D eigenvalue weighted by Crippen LogP contribution is -2.53. The zero-order chi connectivity index (χ0) is 29.2. The van der Waals surface area contributed by atoms with Gasteiger partial charge in [0, 0.05) is 11.6 Å². The van der Waals surface area contributed by atoms with Gasteiger partial charge in [-0.3, -0.25) is 14.4 Å². The van der Waals surface area contributed by atoms with E-state index in [4.69, 9.17) is 4.74 Å². The van der Waals surface area contributed by atoms with Crippen LogP contribution in [0.4, 0.5) is 0 Å². The molecule has 0 spiro atoms. The predicted molar refractivity (Wildman–Crippen MR) is 154 cm³/mol. The maximum atomic E-state index is 13.6. The van der Waals surface area contributed by atoms with Crippen LogP contribution < -0.4 is 10.6 Å². The second kappa shape index (κ2) is 15.1. The molecule has 216 valence electrons. The van der Waals surface area contributed by atoms with Gasteiger partial charge >= 0.3 is 5.97 Å². The summed E-state index contributed by atoms with van der Waals surface area (Å²) >= 11 is 1.33. The summed E-state index contributed by atoms with van der Waals surface area (Å²) in [7, 11) is 0. The van der Waals surface area contributed by atoms with Crippen molar-refractivity contribution in [2.75, 3.05) is 0 Å². The molecule has 1 aromatic heterocycles. The summed E-state index contributed by atoms with van der Waals surface area (Å²) in [5.41, 5.74) is 0.240. The highest BCUT2D eigenvalue weighted by molar-refractivity contribution is 7.09. The van der Waals surface area contributed by atoms with E-state index >= 15 is 0 Å². The SMILES string of the molecule is CC(C)C[C@H](NC(=O)[C@H](CC(=O)OC(C)(C)C)Cc1ccccc1)C(=O)N[C@@H](CC(C)C)[C@@H](O)c1nccs1. The number of hydrogen-bond donors (Lipinski definition) is 3. The Morgan fingerprint density at radius 1 is 0.974 bits per heavy atom. The predicted octanol–water partition coefficient (Wildman–Crippen LogP) is 4.83. The molecule has 0 saturated carbocycles. The number of carbonyl (C=O) groups excluding carboxylic acids is 3. The number of nitrogens with one attached hydrogen (secondary N) is 2. The highest BCUT2D eigenvalue weighted by atomic mass is 32.1. The van der Waals surface area contributed by atoms with E-state index in [9.17, 15) is 19.5 Å². The number of benzene rings is 1. The fraction of sp³-hybridized carbons (Fsp3) is 0.600. The normalized spacial score (nSPS) is 14.9. The Bertz CT molecular complexity index is 1030. The number of aromatic nitrogens is 1. The first-order chi connectivity index (χ1) is 18.2. The molecule has 3 N–H and O–H groups in total. The van der Waals surface area contributed by atoms with Gasteiger partial charge in [0.05, 0.1) is 18.4 Å². The van der Waals surface area contributed by atoms with Gasteiger partial charge in [0.1, 0.15) is 22.8 Å². The standard InChI is InChI=1S/C30H45N3O5S/c1-19(2)15-23(26(35)29-31-13-14-39-29)32-28(37)24(16-20(3)4)33-27(36)22(17-21-11-9-8-10-12-21)18-25(34)38-30(5,6)7/h8-14,19-20,22-24,26,35H,15-18H2,1-7H3,(H,32,37)(H,33,36)/t22-,23-,24-,26+/m0/s1. The molecule has 39 heavy (non-hydrogen) atoms. The van der Waals surface area contributed by atoms with Gasteiger partial charge < -0.3 is 20.5 Å². The van der Waals surface area contributed by atoms with Crippen molar-refractivity contribution in [1.82, 2.24) is 15.6 Å². The van der Waals surface area contributed by atoms with Crippen LogP contribution in [0.3, 0.4) is 0 Å². The minimum Gasteiger partial charge on any atom is -0.460 e. The minimum atomic E-state index is -0.954. The first-order valence-electron chi connectivity index (χ1n) is 13.7. The van der Waals surface area contributed by atoms with E-state index in [0.717, 1.165) is 5.56 Å². The smallest absolute Gasteiger partial charge is 0.307 e. The third kappa shape index (κ3) is 11.9. The van der Waals surface area contributed by atoms with Crippen LogP contribution in [0.5, 0.6) is 0 Å². The molecule has 0 radical (unpaired) electrons. The Balaban J connectivity index is 2.23. The molecule has 4 atom stereocenters. The van der Waals surface area contributed by atoms with Crippen molar-refractivity contribution in [3.63, 3.8) is 0 Å². The molecule has 0 aliphatic carbocycles. The van der Waals surface area contributed by atoms with E-state index in [0.29, 0.717) is 24.3 Å². The van der Waals surface area contributed by atoms with Crippen LogP contribution in [0.25, 0.3) is 0 Å². The summed E-state index contributed by atoms with van der Waals surface area (Å²) in [6.07, 6.45) is 1.85. The average molecular weight is 560 g/mol. The third-order valence-electron chi connectivity index (χ3n) is 6.01. The van der Waals surface area contributed by atoms with Gasteiger partial charge in [-0.1, -0.05) is 58.0 Å². The number of amides is 2. The fourth-order valence-electron chi connectivity index (χ4n) is 4.34. The van der Waals surface area contributed by atoms with Crippen LogP contribution >= 0.6 is 11.3 Å². The summed E-state index contributed by atoms with van der Waals surface area (Å²) in [5, 5.41) is 19.2. The molecule has 2 amide bonds. The topological polar surface area (TPSA) is 118 Å². The second-order valence-electron chi connectivity index (χ2n) is 11.9. The summed E-state index contributed by atoms with van der Waals surface area (Å²) in [6.45, 7) is 13.3. The lowest BCUT2D eigenvalue weighted by atomic mass is 9.93. The monoisotopic (exact) mass is 559 g/mol. The second-order valence-corrected chi connectivity index (χ2v) is 12.9. The average Bonchev–Trinajstić information content (AvgIpc) is 3.36. The Labute approximate surface area is 237 Å². The van der Waals surface area contributed by atoms with Gasteiger partial charge in [0.15, 0.2) is 0 Å². The molecule has 0 unspecified atom stereocenters. The highest BCUT2D eigenvalue weighted by Crippen LogP contribution is 2.24. The van der Waals surface area contributed by atoms with Crippen molar-refractivity contribution in [2.24, 2.45) is 17.8 Å². The zero-order valence-corrected chi connectivity index (χ0v) is 25.1. The Hall–Kier alpha value is -2.78. The van der Waals surface area contributed by atoms with E-state index < -0.39 is 35.7 Å². The van der Waals surface area contributed by atoms with Crippen LogP contribution in [0, 0.1) is 17.8 Å². The molecule has 8 nitrogen and oxygen atoms in total. The quantitative estimate of drug-likeness (QED) is 0.286. The summed E-state index contributed by atoms with van der Waals surface area (Å²) in [5.74, 6) is -1.59. The van der Waals surface area contributed by atoms with Gasteiger partial charge in [-0.05, 0) is 57.4 Å². The van der Waals surface area contributed by atoms with Gasteiger partial charge in [-0.15, -0.1) is 11.3 Å². The van der Waals surface area contributed by atoms with Crippen molar-refractivity contribution in [1.29, 1.82) is 0 Å². The third-order valence-corrected chi connectivity index (χ3v) is 6.85. The van der Waals surface area contributed by atoms with Gasteiger partial charge in [0.25, 0.3) is 0 Å². The lowest BCUT2D eigenvalue weighted by Gasteiger charge is -2.29. The number of esters is 1. The van der Waals surface area contributed by atoms with Gasteiger partial charge in [-0.2, -0.15) is 0 Å². The van der Waals surface area contributed by atoms with Crippen LogP contribution in [0.1, 0.15) is 84.4 Å². The Morgan fingerprint density at radius 3 is 2.15 bits per heavy atom. The number of nitrogens with zero attached hydrogens (tertiary/aromatic N) is 1. The summed E-state index contributed by atoms with van der Waals surface area (Å²) in [6, 6.07) is 8.09. The maximum absolute atomic E-state index is 13.6. The molecule has 0 bridgehead atoms. The molecule has 9 heteroatoms. The van der Waals surface area contributed by atoms with E-state index in [1.807, 2.05) is 58.0 Å². The van der Waals surface area contributed by atoms with Crippen molar-refractivity contribution in [3.05, 3.63) is 52.5 Å². The molecule has 2 rings (SSSR count). The molecule has 0 aliphatic heterocycles.